The lowest BCUT2D eigenvalue weighted by atomic mass is 10.2. The molecule has 6 nitrogen and oxygen atoms in total. The lowest BCUT2D eigenvalue weighted by Crippen LogP contribution is -2.20. The van der Waals surface area contributed by atoms with Crippen molar-refractivity contribution in [3.8, 4) is 0 Å². The van der Waals surface area contributed by atoms with E-state index in [1.807, 2.05) is 66.9 Å². The summed E-state index contributed by atoms with van der Waals surface area (Å²) < 4.78 is 1.96. The number of nitrogens with one attached hydrogen (secondary N) is 2. The number of carbonyl (C=O) groups is 2. The summed E-state index contributed by atoms with van der Waals surface area (Å²) in [4.78, 5) is 28.7. The number of anilines is 2. The molecule has 0 radical (unpaired) electrons. The SMILES string of the molecule is CCn1c(NC(=O)CSCC(=O)Nc2cccc(C)c2)nc2ccccc21. The molecule has 27 heavy (non-hydrogen) atoms. The molecule has 2 amide bonds. The number of rotatable bonds is 7. The zero-order valence-electron chi connectivity index (χ0n) is 15.4. The van der Waals surface area contributed by atoms with Crippen LogP contribution in [0.15, 0.2) is 48.5 Å². The van der Waals surface area contributed by atoms with Crippen LogP contribution in [0.5, 0.6) is 0 Å². The van der Waals surface area contributed by atoms with Gasteiger partial charge in [-0.2, -0.15) is 0 Å². The minimum atomic E-state index is -0.173. The first-order valence-corrected chi connectivity index (χ1v) is 9.91. The van der Waals surface area contributed by atoms with Crippen LogP contribution >= 0.6 is 11.8 Å². The monoisotopic (exact) mass is 382 g/mol. The Morgan fingerprint density at radius 2 is 1.78 bits per heavy atom. The minimum absolute atomic E-state index is 0.126. The summed E-state index contributed by atoms with van der Waals surface area (Å²) in [6.07, 6.45) is 0. The second-order valence-corrected chi connectivity index (χ2v) is 7.11. The lowest BCUT2D eigenvalue weighted by Gasteiger charge is -2.08. The Morgan fingerprint density at radius 1 is 1.04 bits per heavy atom. The number of aromatic nitrogens is 2. The zero-order valence-corrected chi connectivity index (χ0v) is 16.2. The van der Waals surface area contributed by atoms with Gasteiger partial charge in [0.2, 0.25) is 17.8 Å². The Bertz CT molecular complexity index is 968. The predicted molar refractivity (Wildman–Crippen MR) is 111 cm³/mol. The van der Waals surface area contributed by atoms with Crippen LogP contribution in [-0.2, 0) is 16.1 Å². The van der Waals surface area contributed by atoms with Gasteiger partial charge in [0.1, 0.15) is 0 Å². The number of fused-ring (bicyclic) bond motifs is 1. The van der Waals surface area contributed by atoms with Crippen LogP contribution < -0.4 is 10.6 Å². The Labute approximate surface area is 162 Å². The maximum Gasteiger partial charge on any atom is 0.236 e. The van der Waals surface area contributed by atoms with E-state index in [1.165, 1.54) is 11.8 Å². The number of amides is 2. The van der Waals surface area contributed by atoms with Crippen LogP contribution in [0.1, 0.15) is 12.5 Å². The van der Waals surface area contributed by atoms with Crippen molar-refractivity contribution in [2.24, 2.45) is 0 Å². The normalized spacial score (nSPS) is 10.7. The van der Waals surface area contributed by atoms with Crippen LogP contribution in [0.25, 0.3) is 11.0 Å². The van der Waals surface area contributed by atoms with E-state index < -0.39 is 0 Å². The third-order valence-corrected chi connectivity index (χ3v) is 4.92. The molecule has 3 rings (SSSR count). The number of benzene rings is 2. The molecule has 0 saturated heterocycles. The molecule has 7 heteroatoms. The van der Waals surface area contributed by atoms with Gasteiger partial charge in [-0.1, -0.05) is 24.3 Å². The van der Waals surface area contributed by atoms with Gasteiger partial charge in [-0.05, 0) is 43.7 Å². The first kappa shape index (κ1) is 19.0. The zero-order chi connectivity index (χ0) is 19.2. The van der Waals surface area contributed by atoms with Crippen molar-refractivity contribution in [2.45, 2.75) is 20.4 Å². The van der Waals surface area contributed by atoms with Crippen molar-refractivity contribution < 1.29 is 9.59 Å². The Morgan fingerprint density at radius 3 is 2.52 bits per heavy atom. The topological polar surface area (TPSA) is 76.0 Å². The molecular formula is C20H22N4O2S. The summed E-state index contributed by atoms with van der Waals surface area (Å²) >= 11 is 1.27. The molecular weight excluding hydrogens is 360 g/mol. The molecule has 0 aliphatic rings. The average Bonchev–Trinajstić information content (AvgIpc) is 2.98. The van der Waals surface area contributed by atoms with Gasteiger partial charge in [-0.3, -0.25) is 14.9 Å². The van der Waals surface area contributed by atoms with Crippen molar-refractivity contribution in [3.05, 3.63) is 54.1 Å². The van der Waals surface area contributed by atoms with E-state index in [2.05, 4.69) is 15.6 Å². The highest BCUT2D eigenvalue weighted by molar-refractivity contribution is 8.00. The van der Waals surface area contributed by atoms with Crippen LogP contribution in [0.4, 0.5) is 11.6 Å². The predicted octanol–water partition coefficient (Wildman–Crippen LogP) is 3.68. The largest absolute Gasteiger partial charge is 0.325 e. The molecule has 2 aromatic carbocycles. The summed E-state index contributed by atoms with van der Waals surface area (Å²) in [5.41, 5.74) is 3.68. The molecule has 0 saturated carbocycles. The Hall–Kier alpha value is -2.80. The summed E-state index contributed by atoms with van der Waals surface area (Å²) in [6.45, 7) is 4.69. The van der Waals surface area contributed by atoms with Gasteiger partial charge in [0.15, 0.2) is 0 Å². The average molecular weight is 382 g/mol. The standard InChI is InChI=1S/C20H22N4O2S/c1-3-24-17-10-5-4-9-16(17)22-20(24)23-19(26)13-27-12-18(25)21-15-8-6-7-14(2)11-15/h4-11H,3,12-13H2,1-2H3,(H,21,25)(H,22,23,26). The minimum Gasteiger partial charge on any atom is -0.325 e. The lowest BCUT2D eigenvalue weighted by molar-refractivity contribution is -0.114. The van der Waals surface area contributed by atoms with E-state index in [0.29, 0.717) is 12.5 Å². The molecule has 1 aromatic heterocycles. The number of thioether (sulfide) groups is 1. The molecule has 3 aromatic rings. The van der Waals surface area contributed by atoms with Crippen molar-refractivity contribution in [1.82, 2.24) is 9.55 Å². The molecule has 0 spiro atoms. The molecule has 1 heterocycles. The van der Waals surface area contributed by atoms with Gasteiger partial charge in [-0.25, -0.2) is 4.98 Å². The fourth-order valence-corrected chi connectivity index (χ4v) is 3.43. The quantitative estimate of drug-likeness (QED) is 0.654. The van der Waals surface area contributed by atoms with E-state index in [1.54, 1.807) is 0 Å². The fraction of sp³-hybridized carbons (Fsp3) is 0.250. The van der Waals surface area contributed by atoms with Crippen LogP contribution in [-0.4, -0.2) is 32.9 Å². The van der Waals surface area contributed by atoms with E-state index in [4.69, 9.17) is 0 Å². The summed E-state index contributed by atoms with van der Waals surface area (Å²) in [7, 11) is 0. The number of imidazole rings is 1. The smallest absolute Gasteiger partial charge is 0.236 e. The van der Waals surface area contributed by atoms with Crippen molar-refractivity contribution >= 4 is 46.2 Å². The Kier molecular flexibility index (Phi) is 6.13. The van der Waals surface area contributed by atoms with Crippen molar-refractivity contribution in [2.75, 3.05) is 22.1 Å². The third-order valence-electron chi connectivity index (χ3n) is 3.99. The highest BCUT2D eigenvalue weighted by Crippen LogP contribution is 2.19. The van der Waals surface area contributed by atoms with E-state index in [9.17, 15) is 9.59 Å². The highest BCUT2D eigenvalue weighted by Gasteiger charge is 2.12. The number of nitrogens with zero attached hydrogens (tertiary/aromatic N) is 2. The molecule has 0 unspecified atom stereocenters. The molecule has 0 aliphatic heterocycles. The van der Waals surface area contributed by atoms with Crippen molar-refractivity contribution in [3.63, 3.8) is 0 Å². The molecule has 0 aliphatic carbocycles. The maximum atomic E-state index is 12.2. The summed E-state index contributed by atoms with van der Waals surface area (Å²) in [6, 6.07) is 15.4. The first-order chi connectivity index (χ1) is 13.1. The second kappa shape index (κ2) is 8.73. The Balaban J connectivity index is 1.51. The molecule has 2 N–H and O–H groups in total. The maximum absolute atomic E-state index is 12.2. The van der Waals surface area contributed by atoms with Gasteiger partial charge >= 0.3 is 0 Å². The summed E-state index contributed by atoms with van der Waals surface area (Å²) in [5, 5.41) is 5.68. The second-order valence-electron chi connectivity index (χ2n) is 6.13. The number of para-hydroxylation sites is 2. The highest BCUT2D eigenvalue weighted by atomic mass is 32.2. The van der Waals surface area contributed by atoms with E-state index in [-0.39, 0.29) is 23.3 Å². The van der Waals surface area contributed by atoms with Gasteiger partial charge < -0.3 is 9.88 Å². The van der Waals surface area contributed by atoms with Crippen molar-refractivity contribution in [1.29, 1.82) is 0 Å². The van der Waals surface area contributed by atoms with Crippen LogP contribution in [0, 0.1) is 6.92 Å². The van der Waals surface area contributed by atoms with Crippen LogP contribution in [0.2, 0.25) is 0 Å². The van der Waals surface area contributed by atoms with Crippen LogP contribution in [0.3, 0.4) is 0 Å². The van der Waals surface area contributed by atoms with Gasteiger partial charge in [0.05, 0.1) is 22.5 Å². The molecule has 140 valence electrons. The third kappa shape index (κ3) is 4.89. The fourth-order valence-electron chi connectivity index (χ4n) is 2.81. The first-order valence-electron chi connectivity index (χ1n) is 8.76. The number of aryl methyl sites for hydroxylation is 2. The molecule has 0 atom stereocenters. The van der Waals surface area contributed by atoms with E-state index in [0.717, 1.165) is 22.3 Å². The number of hydrogen-bond acceptors (Lipinski definition) is 4. The number of carbonyl (C=O) groups excluding carboxylic acids is 2. The van der Waals surface area contributed by atoms with Gasteiger partial charge in [0, 0.05) is 12.2 Å². The van der Waals surface area contributed by atoms with Gasteiger partial charge in [0.25, 0.3) is 0 Å². The number of hydrogen-bond donors (Lipinski definition) is 2. The summed E-state index contributed by atoms with van der Waals surface area (Å²) in [5.74, 6) is 0.640. The van der Waals surface area contributed by atoms with E-state index >= 15 is 0 Å². The molecule has 0 fully saturated rings. The van der Waals surface area contributed by atoms with Gasteiger partial charge in [-0.15, -0.1) is 11.8 Å². The molecule has 0 bridgehead atoms.